The van der Waals surface area contributed by atoms with Crippen molar-refractivity contribution in [1.29, 1.82) is 0 Å². The third-order valence-corrected chi connectivity index (χ3v) is 7.01. The molecule has 1 fully saturated rings. The van der Waals surface area contributed by atoms with Gasteiger partial charge in [0.2, 0.25) is 5.91 Å². The number of rotatable bonds is 11. The summed E-state index contributed by atoms with van der Waals surface area (Å²) in [4.78, 5) is 15.7. The lowest BCUT2D eigenvalue weighted by Gasteiger charge is -2.39. The summed E-state index contributed by atoms with van der Waals surface area (Å²) >= 11 is 0. The summed E-state index contributed by atoms with van der Waals surface area (Å²) in [5.41, 5.74) is 2.94. The molecule has 1 N–H and O–H groups in total. The predicted molar refractivity (Wildman–Crippen MR) is 139 cm³/mol. The normalized spacial score (nSPS) is 16.0. The quantitative estimate of drug-likeness (QED) is 0.419. The van der Waals surface area contributed by atoms with Crippen LogP contribution in [0, 0.1) is 11.3 Å². The minimum atomic E-state index is 0.215. The molecule has 1 amide bonds. The maximum Gasteiger partial charge on any atom is 0.221 e. The molecular formula is C30H44N2O. The van der Waals surface area contributed by atoms with Gasteiger partial charge in [0.05, 0.1) is 0 Å². The molecule has 0 spiro atoms. The van der Waals surface area contributed by atoms with Crippen molar-refractivity contribution in [3.8, 4) is 0 Å². The third-order valence-electron chi connectivity index (χ3n) is 7.01. The van der Waals surface area contributed by atoms with Crippen LogP contribution >= 0.6 is 0 Å². The zero-order valence-corrected chi connectivity index (χ0v) is 21.1. The van der Waals surface area contributed by atoms with Crippen molar-refractivity contribution in [3.05, 3.63) is 71.8 Å². The van der Waals surface area contributed by atoms with Gasteiger partial charge in [-0.1, -0.05) is 101 Å². The molecule has 33 heavy (non-hydrogen) atoms. The Bertz CT molecular complexity index is 806. The molecule has 1 atom stereocenters. The zero-order valence-electron chi connectivity index (χ0n) is 21.1. The van der Waals surface area contributed by atoms with Crippen molar-refractivity contribution in [3.63, 3.8) is 0 Å². The summed E-state index contributed by atoms with van der Waals surface area (Å²) in [5, 5.41) is 3.24. The van der Waals surface area contributed by atoms with E-state index in [2.05, 4.69) is 91.7 Å². The van der Waals surface area contributed by atoms with Gasteiger partial charge in [0, 0.05) is 32.1 Å². The monoisotopic (exact) mass is 448 g/mol. The van der Waals surface area contributed by atoms with E-state index in [9.17, 15) is 4.79 Å². The average Bonchev–Trinajstić information content (AvgIpc) is 2.81. The van der Waals surface area contributed by atoms with Gasteiger partial charge < -0.3 is 5.32 Å². The van der Waals surface area contributed by atoms with Crippen LogP contribution in [-0.2, 0) is 17.8 Å². The van der Waals surface area contributed by atoms with E-state index in [1.54, 1.807) is 0 Å². The number of amides is 1. The van der Waals surface area contributed by atoms with Crippen molar-refractivity contribution in [2.75, 3.05) is 13.1 Å². The SMILES string of the molecule is CC(C)(C)CCNC(=O)CC(C1CCCCC1)N(CCc1ccccc1)Cc1ccccc1. The van der Waals surface area contributed by atoms with Crippen LogP contribution in [0.1, 0.15) is 76.8 Å². The molecule has 3 nitrogen and oxygen atoms in total. The second-order valence-corrected chi connectivity index (χ2v) is 11.0. The topological polar surface area (TPSA) is 32.3 Å². The molecule has 2 aromatic rings. The summed E-state index contributed by atoms with van der Waals surface area (Å²) in [6.45, 7) is 9.35. The van der Waals surface area contributed by atoms with Crippen LogP contribution in [0.5, 0.6) is 0 Å². The Hall–Kier alpha value is -2.13. The maximum atomic E-state index is 13.1. The Morgan fingerprint density at radius 2 is 1.55 bits per heavy atom. The number of carbonyl (C=O) groups excluding carboxylic acids is 1. The number of benzene rings is 2. The Kier molecular flexibility index (Phi) is 9.99. The summed E-state index contributed by atoms with van der Waals surface area (Å²) in [6.07, 6.45) is 9.06. The van der Waals surface area contributed by atoms with E-state index in [1.165, 1.54) is 43.2 Å². The zero-order chi connectivity index (χ0) is 23.5. The molecule has 180 valence electrons. The first-order valence-corrected chi connectivity index (χ1v) is 13.0. The highest BCUT2D eigenvalue weighted by atomic mass is 16.1. The van der Waals surface area contributed by atoms with Gasteiger partial charge >= 0.3 is 0 Å². The fraction of sp³-hybridized carbons (Fsp3) is 0.567. The molecule has 0 aromatic heterocycles. The molecule has 3 heteroatoms. The van der Waals surface area contributed by atoms with Crippen molar-refractivity contribution >= 4 is 5.91 Å². The van der Waals surface area contributed by atoms with Gasteiger partial charge in [-0.3, -0.25) is 9.69 Å². The smallest absolute Gasteiger partial charge is 0.221 e. The van der Waals surface area contributed by atoms with Gasteiger partial charge in [0.15, 0.2) is 0 Å². The fourth-order valence-electron chi connectivity index (χ4n) is 5.05. The van der Waals surface area contributed by atoms with Gasteiger partial charge in [0.25, 0.3) is 0 Å². The number of hydrogen-bond acceptors (Lipinski definition) is 2. The van der Waals surface area contributed by atoms with Crippen molar-refractivity contribution in [2.45, 2.75) is 84.7 Å². The molecule has 0 heterocycles. The van der Waals surface area contributed by atoms with Crippen LogP contribution in [0.15, 0.2) is 60.7 Å². The highest BCUT2D eigenvalue weighted by molar-refractivity contribution is 5.76. The Morgan fingerprint density at radius 1 is 0.939 bits per heavy atom. The van der Waals surface area contributed by atoms with Crippen LogP contribution in [0.3, 0.4) is 0 Å². The molecule has 0 bridgehead atoms. The third kappa shape index (κ3) is 9.33. The van der Waals surface area contributed by atoms with E-state index in [0.717, 1.165) is 32.5 Å². The van der Waals surface area contributed by atoms with E-state index in [1.807, 2.05) is 0 Å². The Balaban J connectivity index is 1.74. The number of nitrogens with one attached hydrogen (secondary N) is 1. The van der Waals surface area contributed by atoms with Crippen LogP contribution in [-0.4, -0.2) is 29.9 Å². The molecule has 1 saturated carbocycles. The van der Waals surface area contributed by atoms with Gasteiger partial charge in [-0.05, 0) is 48.1 Å². The minimum absolute atomic E-state index is 0.215. The molecular weight excluding hydrogens is 404 g/mol. The summed E-state index contributed by atoms with van der Waals surface area (Å²) in [6, 6.07) is 21.8. The average molecular weight is 449 g/mol. The van der Waals surface area contributed by atoms with E-state index >= 15 is 0 Å². The van der Waals surface area contributed by atoms with E-state index in [4.69, 9.17) is 0 Å². The molecule has 2 aromatic carbocycles. The van der Waals surface area contributed by atoms with Gasteiger partial charge in [-0.15, -0.1) is 0 Å². The van der Waals surface area contributed by atoms with Crippen molar-refractivity contribution in [2.24, 2.45) is 11.3 Å². The Labute approximate surface area is 202 Å². The van der Waals surface area contributed by atoms with Crippen molar-refractivity contribution in [1.82, 2.24) is 10.2 Å². The minimum Gasteiger partial charge on any atom is -0.356 e. The van der Waals surface area contributed by atoms with Crippen LogP contribution in [0.2, 0.25) is 0 Å². The lowest BCUT2D eigenvalue weighted by Crippen LogP contribution is -2.45. The lowest BCUT2D eigenvalue weighted by molar-refractivity contribution is -0.123. The number of nitrogens with zero attached hydrogens (tertiary/aromatic N) is 1. The van der Waals surface area contributed by atoms with E-state index in [-0.39, 0.29) is 11.3 Å². The molecule has 0 aliphatic heterocycles. The highest BCUT2D eigenvalue weighted by Gasteiger charge is 2.30. The second kappa shape index (κ2) is 12.9. The fourth-order valence-corrected chi connectivity index (χ4v) is 5.05. The molecule has 0 radical (unpaired) electrons. The van der Waals surface area contributed by atoms with Gasteiger partial charge in [0.1, 0.15) is 0 Å². The summed E-state index contributed by atoms with van der Waals surface area (Å²) in [7, 11) is 0. The standard InChI is InChI=1S/C30H44N2O/c1-30(2,3)20-21-31-29(33)23-28(27-17-11-6-12-18-27)32(24-26-15-9-5-10-16-26)22-19-25-13-7-4-8-14-25/h4-5,7-10,13-16,27-28H,6,11-12,17-24H2,1-3H3,(H,31,33). The first-order valence-electron chi connectivity index (χ1n) is 13.0. The van der Waals surface area contributed by atoms with Gasteiger partial charge in [-0.25, -0.2) is 0 Å². The molecule has 3 rings (SSSR count). The largest absolute Gasteiger partial charge is 0.356 e. The first-order chi connectivity index (χ1) is 15.9. The number of hydrogen-bond donors (Lipinski definition) is 1. The van der Waals surface area contributed by atoms with E-state index < -0.39 is 0 Å². The molecule has 1 unspecified atom stereocenters. The summed E-state index contributed by atoms with van der Waals surface area (Å²) in [5.74, 6) is 0.819. The Morgan fingerprint density at radius 3 is 2.15 bits per heavy atom. The lowest BCUT2D eigenvalue weighted by atomic mass is 9.81. The van der Waals surface area contributed by atoms with Crippen LogP contribution in [0.25, 0.3) is 0 Å². The van der Waals surface area contributed by atoms with Crippen molar-refractivity contribution < 1.29 is 4.79 Å². The summed E-state index contributed by atoms with van der Waals surface area (Å²) < 4.78 is 0. The maximum absolute atomic E-state index is 13.1. The highest BCUT2D eigenvalue weighted by Crippen LogP contribution is 2.32. The van der Waals surface area contributed by atoms with E-state index in [0.29, 0.717) is 18.4 Å². The van der Waals surface area contributed by atoms with Gasteiger partial charge in [-0.2, -0.15) is 0 Å². The first kappa shape index (κ1) is 25.5. The predicted octanol–water partition coefficient (Wildman–Crippen LogP) is 6.62. The molecule has 0 saturated heterocycles. The second-order valence-electron chi connectivity index (χ2n) is 11.0. The molecule has 1 aliphatic carbocycles. The van der Waals surface area contributed by atoms with Crippen LogP contribution in [0.4, 0.5) is 0 Å². The number of carbonyl (C=O) groups is 1. The molecule has 1 aliphatic rings. The van der Waals surface area contributed by atoms with Crippen LogP contribution < -0.4 is 5.32 Å².